The van der Waals surface area contributed by atoms with Crippen molar-refractivity contribution < 1.29 is 9.53 Å². The Balaban J connectivity index is 2.01. The van der Waals surface area contributed by atoms with Gasteiger partial charge >= 0.3 is 0 Å². The molecule has 3 rings (SSSR count). The molecule has 1 amide bonds. The molecular formula is C14H10BrN3O2. The second-order valence-electron chi connectivity index (χ2n) is 4.19. The van der Waals surface area contributed by atoms with Gasteiger partial charge in [0, 0.05) is 16.1 Å². The van der Waals surface area contributed by atoms with Crippen molar-refractivity contribution in [2.75, 3.05) is 0 Å². The number of rotatable bonds is 3. The number of amides is 1. The van der Waals surface area contributed by atoms with Gasteiger partial charge in [0.1, 0.15) is 17.1 Å². The van der Waals surface area contributed by atoms with E-state index in [0.717, 1.165) is 15.5 Å². The number of halogens is 1. The van der Waals surface area contributed by atoms with Crippen LogP contribution in [0.3, 0.4) is 0 Å². The molecule has 0 saturated heterocycles. The highest BCUT2D eigenvalue weighted by Gasteiger charge is 2.11. The third-order valence-electron chi connectivity index (χ3n) is 2.81. The van der Waals surface area contributed by atoms with Crippen LogP contribution in [0.15, 0.2) is 47.2 Å². The second-order valence-corrected chi connectivity index (χ2v) is 5.11. The van der Waals surface area contributed by atoms with Crippen molar-refractivity contribution in [2.24, 2.45) is 5.73 Å². The zero-order valence-corrected chi connectivity index (χ0v) is 11.8. The highest BCUT2D eigenvalue weighted by atomic mass is 79.9. The minimum Gasteiger partial charge on any atom is -0.455 e. The summed E-state index contributed by atoms with van der Waals surface area (Å²) >= 11 is 3.34. The van der Waals surface area contributed by atoms with E-state index in [2.05, 4.69) is 25.9 Å². The number of carbonyl (C=O) groups excluding carboxylic acids is 1. The molecule has 0 aliphatic rings. The summed E-state index contributed by atoms with van der Waals surface area (Å²) in [5, 5.41) is 0.929. The number of hydrogen-bond acceptors (Lipinski definition) is 3. The summed E-state index contributed by atoms with van der Waals surface area (Å²) < 4.78 is 6.52. The Kier molecular flexibility index (Phi) is 3.15. The Bertz CT molecular complexity index is 798. The van der Waals surface area contributed by atoms with E-state index in [9.17, 15) is 4.79 Å². The van der Waals surface area contributed by atoms with Gasteiger partial charge in [-0.05, 0) is 30.3 Å². The summed E-state index contributed by atoms with van der Waals surface area (Å²) in [5.74, 6) is 0.393. The molecule has 0 fully saturated rings. The Hall–Kier alpha value is -2.34. The van der Waals surface area contributed by atoms with Crippen LogP contribution < -0.4 is 10.5 Å². The van der Waals surface area contributed by atoms with Gasteiger partial charge in [-0.15, -0.1) is 0 Å². The Morgan fingerprint density at radius 3 is 2.95 bits per heavy atom. The van der Waals surface area contributed by atoms with E-state index in [1.54, 1.807) is 30.6 Å². The largest absolute Gasteiger partial charge is 0.455 e. The number of nitrogens with one attached hydrogen (secondary N) is 1. The lowest BCUT2D eigenvalue weighted by atomic mass is 10.2. The molecule has 0 atom stereocenters. The van der Waals surface area contributed by atoms with Gasteiger partial charge < -0.3 is 15.5 Å². The van der Waals surface area contributed by atoms with Gasteiger partial charge in [0.15, 0.2) is 0 Å². The summed E-state index contributed by atoms with van der Waals surface area (Å²) in [5.41, 5.74) is 6.44. The van der Waals surface area contributed by atoms with E-state index in [-0.39, 0.29) is 0 Å². The minimum absolute atomic E-state index is 0.322. The number of primary amides is 1. The van der Waals surface area contributed by atoms with Gasteiger partial charge in [0.25, 0.3) is 5.91 Å². The molecule has 5 nitrogen and oxygen atoms in total. The summed E-state index contributed by atoms with van der Waals surface area (Å²) in [6, 6.07) is 8.78. The molecule has 3 aromatic rings. The molecule has 2 aromatic heterocycles. The molecule has 0 aliphatic carbocycles. The predicted octanol–water partition coefficient (Wildman–Crippen LogP) is 3.22. The van der Waals surface area contributed by atoms with Crippen LogP contribution in [0.2, 0.25) is 0 Å². The molecule has 0 saturated carbocycles. The van der Waals surface area contributed by atoms with Crippen LogP contribution >= 0.6 is 15.9 Å². The summed E-state index contributed by atoms with van der Waals surface area (Å²) in [4.78, 5) is 18.6. The molecule has 0 spiro atoms. The van der Waals surface area contributed by atoms with Gasteiger partial charge in [-0.25, -0.2) is 4.98 Å². The number of aromatic amines is 1. The minimum atomic E-state index is -0.539. The fraction of sp³-hybridized carbons (Fsp3) is 0. The first kappa shape index (κ1) is 12.7. The molecule has 100 valence electrons. The first-order valence-electron chi connectivity index (χ1n) is 5.84. The number of H-pyrrole nitrogens is 1. The lowest BCUT2D eigenvalue weighted by molar-refractivity contribution is 0.0998. The van der Waals surface area contributed by atoms with Crippen LogP contribution in [0.5, 0.6) is 11.5 Å². The fourth-order valence-corrected chi connectivity index (χ4v) is 2.23. The van der Waals surface area contributed by atoms with Gasteiger partial charge in [-0.3, -0.25) is 4.79 Å². The third-order valence-corrected chi connectivity index (χ3v) is 3.31. The number of fused-ring (bicyclic) bond motifs is 1. The summed E-state index contributed by atoms with van der Waals surface area (Å²) in [7, 11) is 0. The average Bonchev–Trinajstić information content (AvgIpc) is 2.85. The van der Waals surface area contributed by atoms with E-state index in [4.69, 9.17) is 10.5 Å². The standard InChI is InChI=1S/C14H10BrN3O2/c15-9-1-2-11(13(16)19)12(6-9)20-10-5-8-3-4-17-14(8)18-7-10/h1-7H,(H2,16,19)(H,17,18). The maximum absolute atomic E-state index is 11.4. The van der Waals surface area contributed by atoms with Crippen molar-refractivity contribution in [3.05, 3.63) is 52.8 Å². The van der Waals surface area contributed by atoms with Gasteiger partial charge in [0.05, 0.1) is 11.8 Å². The maximum atomic E-state index is 11.4. The van der Waals surface area contributed by atoms with E-state index < -0.39 is 5.91 Å². The van der Waals surface area contributed by atoms with E-state index >= 15 is 0 Å². The Labute approximate surface area is 122 Å². The van der Waals surface area contributed by atoms with Crippen molar-refractivity contribution in [1.29, 1.82) is 0 Å². The Morgan fingerprint density at radius 1 is 1.30 bits per heavy atom. The first-order chi connectivity index (χ1) is 9.63. The van der Waals surface area contributed by atoms with Gasteiger partial charge in [-0.2, -0.15) is 0 Å². The van der Waals surface area contributed by atoms with Crippen LogP contribution in [0.25, 0.3) is 11.0 Å². The van der Waals surface area contributed by atoms with Crippen molar-refractivity contribution >= 4 is 32.9 Å². The number of ether oxygens (including phenoxy) is 1. The van der Waals surface area contributed by atoms with Crippen molar-refractivity contribution in [1.82, 2.24) is 9.97 Å². The number of aromatic nitrogens is 2. The van der Waals surface area contributed by atoms with E-state index in [0.29, 0.717) is 17.1 Å². The third kappa shape index (κ3) is 2.37. The number of nitrogens with zero attached hydrogens (tertiary/aromatic N) is 1. The predicted molar refractivity (Wildman–Crippen MR) is 78.8 cm³/mol. The molecule has 20 heavy (non-hydrogen) atoms. The number of carbonyl (C=O) groups is 1. The number of pyridine rings is 1. The molecular weight excluding hydrogens is 322 g/mol. The van der Waals surface area contributed by atoms with Gasteiger partial charge in [-0.1, -0.05) is 15.9 Å². The molecule has 0 aliphatic heterocycles. The Morgan fingerprint density at radius 2 is 2.15 bits per heavy atom. The van der Waals surface area contributed by atoms with Gasteiger partial charge in [0.2, 0.25) is 0 Å². The number of hydrogen-bond donors (Lipinski definition) is 2. The fourth-order valence-electron chi connectivity index (χ4n) is 1.89. The molecule has 3 N–H and O–H groups in total. The highest BCUT2D eigenvalue weighted by Crippen LogP contribution is 2.29. The van der Waals surface area contributed by atoms with Crippen LogP contribution in [0.4, 0.5) is 0 Å². The van der Waals surface area contributed by atoms with E-state index in [1.807, 2.05) is 12.1 Å². The normalized spacial score (nSPS) is 10.7. The van der Waals surface area contributed by atoms with E-state index in [1.165, 1.54) is 0 Å². The zero-order chi connectivity index (χ0) is 14.1. The quantitative estimate of drug-likeness (QED) is 0.773. The van der Waals surface area contributed by atoms with Crippen LogP contribution in [0.1, 0.15) is 10.4 Å². The number of benzene rings is 1. The monoisotopic (exact) mass is 331 g/mol. The molecule has 0 radical (unpaired) electrons. The summed E-state index contributed by atoms with van der Waals surface area (Å²) in [6.45, 7) is 0. The topological polar surface area (TPSA) is 81.0 Å². The first-order valence-corrected chi connectivity index (χ1v) is 6.63. The SMILES string of the molecule is NC(=O)c1ccc(Br)cc1Oc1cnc2[nH]ccc2c1. The highest BCUT2D eigenvalue weighted by molar-refractivity contribution is 9.10. The summed E-state index contributed by atoms with van der Waals surface area (Å²) in [6.07, 6.45) is 3.39. The van der Waals surface area contributed by atoms with Crippen LogP contribution in [0, 0.1) is 0 Å². The van der Waals surface area contributed by atoms with Crippen molar-refractivity contribution in [2.45, 2.75) is 0 Å². The van der Waals surface area contributed by atoms with Crippen molar-refractivity contribution in [3.8, 4) is 11.5 Å². The average molecular weight is 332 g/mol. The zero-order valence-electron chi connectivity index (χ0n) is 10.3. The lowest BCUT2D eigenvalue weighted by Crippen LogP contribution is -2.12. The van der Waals surface area contributed by atoms with Crippen LogP contribution in [-0.2, 0) is 0 Å². The molecule has 1 aromatic carbocycles. The number of nitrogens with two attached hydrogens (primary N) is 1. The molecule has 2 heterocycles. The smallest absolute Gasteiger partial charge is 0.252 e. The second kappa shape index (κ2) is 4.97. The molecule has 0 unspecified atom stereocenters. The lowest BCUT2D eigenvalue weighted by Gasteiger charge is -2.09. The maximum Gasteiger partial charge on any atom is 0.252 e. The molecule has 6 heteroatoms. The van der Waals surface area contributed by atoms with Crippen molar-refractivity contribution in [3.63, 3.8) is 0 Å². The molecule has 0 bridgehead atoms. The van der Waals surface area contributed by atoms with Crippen LogP contribution in [-0.4, -0.2) is 15.9 Å².